The average molecular weight is 887 g/mol. The third kappa shape index (κ3) is 7.58. The van der Waals surface area contributed by atoms with Gasteiger partial charge in [0.25, 0.3) is 11.8 Å². The summed E-state index contributed by atoms with van der Waals surface area (Å²) in [6, 6.07) is 17.1. The van der Waals surface area contributed by atoms with Crippen LogP contribution in [0.4, 0.5) is 11.9 Å². The molecule has 0 radical (unpaired) electrons. The van der Waals surface area contributed by atoms with Crippen LogP contribution in [0.25, 0.3) is 45.2 Å². The van der Waals surface area contributed by atoms with Crippen molar-refractivity contribution in [2.45, 2.75) is 69.4 Å². The first-order valence-corrected chi connectivity index (χ1v) is 22.5. The Hall–Kier alpha value is -7.18. The quantitative estimate of drug-likeness (QED) is 0.0931. The number of benzene rings is 2. The van der Waals surface area contributed by atoms with Crippen molar-refractivity contribution in [1.82, 2.24) is 59.8 Å². The molecular weight excluding hydrogens is 837 g/mol. The summed E-state index contributed by atoms with van der Waals surface area (Å²) >= 11 is 0. The first-order chi connectivity index (χ1) is 32.2. The van der Waals surface area contributed by atoms with Gasteiger partial charge >= 0.3 is 0 Å². The van der Waals surface area contributed by atoms with Crippen molar-refractivity contribution >= 4 is 11.9 Å². The normalized spacial score (nSPS) is 19.4. The Labute approximate surface area is 380 Å². The highest BCUT2D eigenvalue weighted by molar-refractivity contribution is 5.64. The fourth-order valence-corrected chi connectivity index (χ4v) is 9.68. The van der Waals surface area contributed by atoms with Crippen LogP contribution >= 0.6 is 0 Å². The fourth-order valence-electron chi connectivity index (χ4n) is 9.68. The van der Waals surface area contributed by atoms with E-state index >= 15 is 0 Å². The molecule has 2 aromatic carbocycles. The molecule has 3 fully saturated rings. The SMILES string of the molecule is CC(c1ccc(-c2cnc(N)nc2)cc1)(c1noc(-c2cnn(CCOCC3CCC3C(C)(c3ccc(-c4cnc(N)nc4)cc3)c3noc(-c4cnn(C5COC5)c4)n3)c2)n1)C1CCC1. The number of rotatable bonds is 16. The van der Waals surface area contributed by atoms with Gasteiger partial charge in [-0.05, 0) is 79.5 Å². The van der Waals surface area contributed by atoms with Gasteiger partial charge in [0.1, 0.15) is 0 Å². The van der Waals surface area contributed by atoms with Crippen molar-refractivity contribution in [2.75, 3.05) is 37.9 Å². The number of nitrogens with zero attached hydrogens (tertiary/aromatic N) is 12. The Morgan fingerprint density at radius 3 is 1.73 bits per heavy atom. The Morgan fingerprint density at radius 2 is 1.20 bits per heavy atom. The lowest BCUT2D eigenvalue weighted by Gasteiger charge is -2.47. The first-order valence-electron chi connectivity index (χ1n) is 22.5. The zero-order valence-electron chi connectivity index (χ0n) is 36.8. The Kier molecular flexibility index (Phi) is 10.7. The maximum Gasteiger partial charge on any atom is 0.261 e. The van der Waals surface area contributed by atoms with Crippen molar-refractivity contribution in [2.24, 2.45) is 17.8 Å². The number of anilines is 2. The molecular formula is C48H50N14O4. The van der Waals surface area contributed by atoms with Crippen LogP contribution in [0, 0.1) is 17.8 Å². The largest absolute Gasteiger partial charge is 0.379 e. The molecule has 2 saturated carbocycles. The molecule has 7 heterocycles. The Balaban J connectivity index is 0.764. The third-order valence-electron chi connectivity index (χ3n) is 14.4. The van der Waals surface area contributed by atoms with Crippen LogP contribution in [0.3, 0.4) is 0 Å². The summed E-state index contributed by atoms with van der Waals surface area (Å²) < 4.78 is 27.4. The fraction of sp³-hybridized carbons (Fsp3) is 0.375. The highest BCUT2D eigenvalue weighted by atomic mass is 16.5. The zero-order chi connectivity index (χ0) is 44.8. The summed E-state index contributed by atoms with van der Waals surface area (Å²) in [5, 5.41) is 18.4. The van der Waals surface area contributed by atoms with Gasteiger partial charge in [-0.2, -0.15) is 20.2 Å². The van der Waals surface area contributed by atoms with E-state index in [4.69, 9.17) is 40.0 Å². The standard InChI is InChI=1S/C48H50N14O4/c1-47(36-4-3-5-36,37-11-6-29(7-12-37)32-18-51-45(49)52-19-32)43-57-41(65-59-43)34-22-55-61(24-34)16-17-63-26-31-10-15-40(31)48(2,38-13-8-30(9-14-38)33-20-53-46(50)54-21-33)44-58-42(66-60-44)35-23-56-62(25-35)39-27-64-28-39/h6-9,11-14,18-25,31,36,39-40H,3-5,10,15-17,26-28H2,1-2H3,(H2,49,51,52)(H2,50,53,54). The third-order valence-corrected chi connectivity index (χ3v) is 14.4. The van der Waals surface area contributed by atoms with Gasteiger partial charge in [0, 0.05) is 54.9 Å². The van der Waals surface area contributed by atoms with Crippen LogP contribution in [-0.4, -0.2) is 86.2 Å². The number of aromatic nitrogens is 12. The molecule has 6 aromatic heterocycles. The minimum atomic E-state index is -0.576. The molecule has 8 aromatic rings. The second-order valence-corrected chi connectivity index (χ2v) is 18.1. The zero-order valence-corrected chi connectivity index (χ0v) is 36.8. The lowest BCUT2D eigenvalue weighted by Crippen LogP contribution is -2.46. The van der Waals surface area contributed by atoms with Crippen molar-refractivity contribution in [3.05, 3.63) is 121 Å². The monoisotopic (exact) mass is 886 g/mol. The van der Waals surface area contributed by atoms with E-state index in [1.54, 1.807) is 37.2 Å². The van der Waals surface area contributed by atoms with Crippen LogP contribution in [-0.2, 0) is 26.8 Å². The van der Waals surface area contributed by atoms with Crippen molar-refractivity contribution < 1.29 is 18.5 Å². The number of hydrogen-bond donors (Lipinski definition) is 2. The summed E-state index contributed by atoms with van der Waals surface area (Å²) in [6.07, 6.45) is 19.8. The smallest absolute Gasteiger partial charge is 0.261 e. The van der Waals surface area contributed by atoms with Crippen LogP contribution in [0.2, 0.25) is 0 Å². The predicted octanol–water partition coefficient (Wildman–Crippen LogP) is 6.98. The second-order valence-electron chi connectivity index (χ2n) is 18.1. The van der Waals surface area contributed by atoms with Gasteiger partial charge in [-0.1, -0.05) is 65.3 Å². The number of ether oxygens (including phenoxy) is 2. The number of hydrogen-bond acceptors (Lipinski definition) is 16. The van der Waals surface area contributed by atoms with E-state index in [1.807, 2.05) is 21.8 Å². The predicted molar refractivity (Wildman–Crippen MR) is 242 cm³/mol. The van der Waals surface area contributed by atoms with Gasteiger partial charge in [0.05, 0.1) is 66.8 Å². The van der Waals surface area contributed by atoms with E-state index in [0.29, 0.717) is 62.3 Å². The topological polar surface area (TPSA) is 236 Å². The summed E-state index contributed by atoms with van der Waals surface area (Å²) in [6.45, 7) is 7.35. The molecule has 4 N–H and O–H groups in total. The van der Waals surface area contributed by atoms with Crippen molar-refractivity contribution in [3.8, 4) is 45.2 Å². The molecule has 11 rings (SSSR count). The van der Waals surface area contributed by atoms with E-state index in [1.165, 1.54) is 6.42 Å². The van der Waals surface area contributed by atoms with E-state index in [-0.39, 0.29) is 29.8 Å². The molecule has 0 spiro atoms. The molecule has 0 amide bonds. The average Bonchev–Trinajstić information content (AvgIpc) is 4.14. The maximum atomic E-state index is 6.41. The minimum Gasteiger partial charge on any atom is -0.379 e. The van der Waals surface area contributed by atoms with Gasteiger partial charge in [0.15, 0.2) is 11.6 Å². The lowest BCUT2D eigenvalue weighted by atomic mass is 9.57. The van der Waals surface area contributed by atoms with Gasteiger partial charge in [-0.25, -0.2) is 19.9 Å². The van der Waals surface area contributed by atoms with E-state index in [9.17, 15) is 0 Å². The summed E-state index contributed by atoms with van der Waals surface area (Å²) in [5.41, 5.74) is 18.0. The van der Waals surface area contributed by atoms with Crippen LogP contribution in [0.15, 0.2) is 107 Å². The van der Waals surface area contributed by atoms with Crippen LogP contribution in [0.1, 0.15) is 74.8 Å². The van der Waals surface area contributed by atoms with Gasteiger partial charge in [-0.3, -0.25) is 9.36 Å². The van der Waals surface area contributed by atoms with Crippen molar-refractivity contribution in [1.29, 1.82) is 0 Å². The summed E-state index contributed by atoms with van der Waals surface area (Å²) in [5.74, 6) is 3.51. The molecule has 4 unspecified atom stereocenters. The molecule has 66 heavy (non-hydrogen) atoms. The Morgan fingerprint density at radius 1 is 0.636 bits per heavy atom. The Bertz CT molecular complexity index is 2920. The van der Waals surface area contributed by atoms with Crippen LogP contribution < -0.4 is 11.5 Å². The highest BCUT2D eigenvalue weighted by Gasteiger charge is 2.50. The van der Waals surface area contributed by atoms with Crippen molar-refractivity contribution in [3.63, 3.8) is 0 Å². The highest BCUT2D eigenvalue weighted by Crippen LogP contribution is 2.52. The lowest BCUT2D eigenvalue weighted by molar-refractivity contribution is -0.0286. The second kappa shape index (κ2) is 17.0. The van der Waals surface area contributed by atoms with Crippen LogP contribution in [0.5, 0.6) is 0 Å². The molecule has 4 atom stereocenters. The molecule has 18 heteroatoms. The van der Waals surface area contributed by atoms with E-state index in [2.05, 4.69) is 103 Å². The molecule has 0 bridgehead atoms. The molecule has 18 nitrogen and oxygen atoms in total. The van der Waals surface area contributed by atoms with Gasteiger partial charge in [-0.15, -0.1) is 0 Å². The summed E-state index contributed by atoms with van der Waals surface area (Å²) in [7, 11) is 0. The molecule has 2 aliphatic carbocycles. The molecule has 3 aliphatic rings. The number of nitrogen functional groups attached to an aromatic ring is 2. The van der Waals surface area contributed by atoms with E-state index < -0.39 is 10.8 Å². The van der Waals surface area contributed by atoms with E-state index in [0.717, 1.165) is 70.2 Å². The minimum absolute atomic E-state index is 0.188. The van der Waals surface area contributed by atoms with Gasteiger partial charge < -0.3 is 30.0 Å². The maximum absolute atomic E-state index is 6.41. The molecule has 336 valence electrons. The van der Waals surface area contributed by atoms with Gasteiger partial charge in [0.2, 0.25) is 11.9 Å². The first kappa shape index (κ1) is 41.5. The molecule has 1 saturated heterocycles. The number of nitrogens with two attached hydrogens (primary N) is 2. The summed E-state index contributed by atoms with van der Waals surface area (Å²) in [4.78, 5) is 26.7. The molecule has 1 aliphatic heterocycles.